The van der Waals surface area contributed by atoms with Crippen LogP contribution in [0.2, 0.25) is 0 Å². The number of nitrogens with one attached hydrogen (secondary N) is 2. The summed E-state index contributed by atoms with van der Waals surface area (Å²) in [4.78, 5) is 25.0. The lowest BCUT2D eigenvalue weighted by Crippen LogP contribution is -2.35. The van der Waals surface area contributed by atoms with Gasteiger partial charge in [-0.1, -0.05) is 24.3 Å². The molecule has 1 aliphatic carbocycles. The molecule has 3 rings (SSSR count). The zero-order valence-electron chi connectivity index (χ0n) is 17.7. The van der Waals surface area contributed by atoms with Crippen molar-refractivity contribution in [2.45, 2.75) is 50.3 Å². The Kier molecular flexibility index (Phi) is 6.97. The maximum absolute atomic E-state index is 12.6. The van der Waals surface area contributed by atoms with Gasteiger partial charge in [-0.25, -0.2) is 17.9 Å². The predicted molar refractivity (Wildman–Crippen MR) is 114 cm³/mol. The summed E-state index contributed by atoms with van der Waals surface area (Å²) < 4.78 is 38.0. The molecule has 1 unspecified atom stereocenters. The molecule has 2 aromatic carbocycles. The first-order valence-electron chi connectivity index (χ1n) is 9.95. The number of para-hydroxylation sites is 1. The number of amides is 1. The third-order valence-electron chi connectivity index (χ3n) is 4.94. The molecule has 1 fully saturated rings. The lowest BCUT2D eigenvalue weighted by atomic mass is 10.1. The van der Waals surface area contributed by atoms with Gasteiger partial charge in [0.05, 0.1) is 17.6 Å². The number of methoxy groups -OCH3 is 1. The highest BCUT2D eigenvalue weighted by molar-refractivity contribution is 7.89. The van der Waals surface area contributed by atoms with Gasteiger partial charge in [0.2, 0.25) is 10.0 Å². The lowest BCUT2D eigenvalue weighted by Gasteiger charge is -2.16. The molecule has 1 aliphatic rings. The largest absolute Gasteiger partial charge is 0.496 e. The van der Waals surface area contributed by atoms with Crippen molar-refractivity contribution in [2.75, 3.05) is 7.11 Å². The van der Waals surface area contributed by atoms with Crippen LogP contribution < -0.4 is 14.8 Å². The molecule has 166 valence electrons. The van der Waals surface area contributed by atoms with Gasteiger partial charge in [0, 0.05) is 18.2 Å². The Balaban J connectivity index is 1.64. The second-order valence-electron chi connectivity index (χ2n) is 7.45. The summed E-state index contributed by atoms with van der Waals surface area (Å²) in [6.45, 7) is 3.35. The molecule has 0 saturated heterocycles. The molecule has 9 heteroatoms. The fourth-order valence-electron chi connectivity index (χ4n) is 2.93. The molecule has 2 N–H and O–H groups in total. The van der Waals surface area contributed by atoms with Crippen molar-refractivity contribution in [2.24, 2.45) is 0 Å². The number of esters is 1. The van der Waals surface area contributed by atoms with E-state index in [1.54, 1.807) is 26.2 Å². The van der Waals surface area contributed by atoms with Crippen molar-refractivity contribution in [3.05, 3.63) is 59.2 Å². The minimum atomic E-state index is -3.71. The van der Waals surface area contributed by atoms with E-state index in [9.17, 15) is 18.0 Å². The molecular formula is C22H26N2O6S. The van der Waals surface area contributed by atoms with Crippen molar-refractivity contribution in [3.8, 4) is 5.75 Å². The van der Waals surface area contributed by atoms with Crippen LogP contribution >= 0.6 is 0 Å². The summed E-state index contributed by atoms with van der Waals surface area (Å²) >= 11 is 0. The second kappa shape index (κ2) is 9.49. The van der Waals surface area contributed by atoms with Gasteiger partial charge >= 0.3 is 5.97 Å². The SMILES string of the molecule is COc1ccccc1CNC(=O)C(C)OC(=O)c1cc(S(=O)(=O)NC2CC2)ccc1C. The minimum Gasteiger partial charge on any atom is -0.496 e. The predicted octanol–water partition coefficient (Wildman–Crippen LogP) is 2.31. The quantitative estimate of drug-likeness (QED) is 0.572. The van der Waals surface area contributed by atoms with E-state index in [0.717, 1.165) is 18.4 Å². The van der Waals surface area contributed by atoms with Crippen LogP contribution in [0.4, 0.5) is 0 Å². The minimum absolute atomic E-state index is 0.00905. The maximum Gasteiger partial charge on any atom is 0.339 e. The van der Waals surface area contributed by atoms with Crippen LogP contribution in [0.3, 0.4) is 0 Å². The highest BCUT2D eigenvalue weighted by atomic mass is 32.2. The summed E-state index contributed by atoms with van der Waals surface area (Å²) in [7, 11) is -2.17. The van der Waals surface area contributed by atoms with Gasteiger partial charge in [-0.2, -0.15) is 0 Å². The van der Waals surface area contributed by atoms with Crippen molar-refractivity contribution in [1.29, 1.82) is 0 Å². The number of hydrogen-bond acceptors (Lipinski definition) is 6. The van der Waals surface area contributed by atoms with Crippen molar-refractivity contribution >= 4 is 21.9 Å². The molecule has 2 aromatic rings. The number of aryl methyl sites for hydroxylation is 1. The lowest BCUT2D eigenvalue weighted by molar-refractivity contribution is -0.129. The summed E-state index contributed by atoms with van der Waals surface area (Å²) in [5.41, 5.74) is 1.44. The molecule has 0 heterocycles. The number of carbonyl (C=O) groups excluding carboxylic acids is 2. The maximum atomic E-state index is 12.6. The molecule has 8 nitrogen and oxygen atoms in total. The van der Waals surface area contributed by atoms with Crippen LogP contribution in [0.1, 0.15) is 41.3 Å². The molecule has 0 aliphatic heterocycles. The summed E-state index contributed by atoms with van der Waals surface area (Å²) in [5.74, 6) is -0.599. The van der Waals surface area contributed by atoms with E-state index in [4.69, 9.17) is 9.47 Å². The average Bonchev–Trinajstić information content (AvgIpc) is 3.55. The van der Waals surface area contributed by atoms with Gasteiger partial charge in [-0.3, -0.25) is 4.79 Å². The molecule has 31 heavy (non-hydrogen) atoms. The van der Waals surface area contributed by atoms with E-state index < -0.39 is 28.0 Å². The van der Waals surface area contributed by atoms with Crippen LogP contribution in [-0.4, -0.2) is 39.5 Å². The van der Waals surface area contributed by atoms with E-state index in [2.05, 4.69) is 10.0 Å². The Labute approximate surface area is 182 Å². The monoisotopic (exact) mass is 446 g/mol. The highest BCUT2D eigenvalue weighted by Crippen LogP contribution is 2.23. The standard InChI is InChI=1S/C22H26N2O6S/c1-14-8-11-18(31(27,28)24-17-9-10-17)12-19(14)22(26)30-15(2)21(25)23-13-16-6-4-5-7-20(16)29-3/h4-8,11-12,15,17,24H,9-10,13H2,1-3H3,(H,23,25). The topological polar surface area (TPSA) is 111 Å². The first kappa shape index (κ1) is 22.8. The normalized spacial score (nSPS) is 14.5. The highest BCUT2D eigenvalue weighted by Gasteiger charge is 2.29. The molecule has 1 saturated carbocycles. The van der Waals surface area contributed by atoms with Crippen LogP contribution in [0, 0.1) is 6.92 Å². The summed E-state index contributed by atoms with van der Waals surface area (Å²) in [6.07, 6.45) is 0.551. The van der Waals surface area contributed by atoms with Crippen molar-refractivity contribution < 1.29 is 27.5 Å². The first-order chi connectivity index (χ1) is 14.7. The zero-order valence-corrected chi connectivity index (χ0v) is 18.5. The van der Waals surface area contributed by atoms with E-state index in [1.165, 1.54) is 19.1 Å². The molecule has 1 atom stereocenters. The summed E-state index contributed by atoms with van der Waals surface area (Å²) in [6, 6.07) is 11.5. The fourth-order valence-corrected chi connectivity index (χ4v) is 4.26. The van der Waals surface area contributed by atoms with Gasteiger partial charge in [0.15, 0.2) is 6.10 Å². The Bertz CT molecular complexity index is 1080. The molecule has 0 spiro atoms. The third kappa shape index (κ3) is 5.83. The van der Waals surface area contributed by atoms with Gasteiger partial charge in [0.1, 0.15) is 5.75 Å². The molecule has 0 aromatic heterocycles. The van der Waals surface area contributed by atoms with Crippen LogP contribution in [0.5, 0.6) is 5.75 Å². The molecule has 0 bridgehead atoms. The molecular weight excluding hydrogens is 420 g/mol. The number of benzene rings is 2. The Hall–Kier alpha value is -2.91. The van der Waals surface area contributed by atoms with Crippen molar-refractivity contribution in [3.63, 3.8) is 0 Å². The number of hydrogen-bond donors (Lipinski definition) is 2. The Morgan fingerprint density at radius 3 is 2.55 bits per heavy atom. The van der Waals surface area contributed by atoms with Gasteiger partial charge < -0.3 is 14.8 Å². The van der Waals surface area contributed by atoms with E-state index in [-0.39, 0.29) is 23.0 Å². The molecule has 1 amide bonds. The number of rotatable bonds is 9. The molecule has 0 radical (unpaired) electrons. The Morgan fingerprint density at radius 1 is 1.16 bits per heavy atom. The number of sulfonamides is 1. The van der Waals surface area contributed by atoms with E-state index in [0.29, 0.717) is 11.3 Å². The zero-order chi connectivity index (χ0) is 22.6. The third-order valence-corrected chi connectivity index (χ3v) is 6.46. The van der Waals surface area contributed by atoms with Crippen molar-refractivity contribution in [1.82, 2.24) is 10.0 Å². The van der Waals surface area contributed by atoms with E-state index >= 15 is 0 Å². The second-order valence-corrected chi connectivity index (χ2v) is 9.16. The van der Waals surface area contributed by atoms with Crippen LogP contribution in [-0.2, 0) is 26.1 Å². The number of carbonyl (C=O) groups is 2. The fraction of sp³-hybridized carbons (Fsp3) is 0.364. The van der Waals surface area contributed by atoms with Gasteiger partial charge in [-0.05, 0) is 50.5 Å². The van der Waals surface area contributed by atoms with Crippen LogP contribution in [0.25, 0.3) is 0 Å². The van der Waals surface area contributed by atoms with Gasteiger partial charge in [-0.15, -0.1) is 0 Å². The smallest absolute Gasteiger partial charge is 0.339 e. The first-order valence-corrected chi connectivity index (χ1v) is 11.4. The summed E-state index contributed by atoms with van der Waals surface area (Å²) in [5, 5.41) is 2.71. The van der Waals surface area contributed by atoms with E-state index in [1.807, 2.05) is 18.2 Å². The van der Waals surface area contributed by atoms with Crippen LogP contribution in [0.15, 0.2) is 47.4 Å². The van der Waals surface area contributed by atoms with Gasteiger partial charge in [0.25, 0.3) is 5.91 Å². The Morgan fingerprint density at radius 2 is 1.87 bits per heavy atom. The number of ether oxygens (including phenoxy) is 2. The average molecular weight is 447 g/mol.